The second kappa shape index (κ2) is 10.4. The molecule has 4 rings (SSSR count). The molecule has 0 N–H and O–H groups in total. The molecule has 0 saturated heterocycles. The second-order valence-corrected chi connectivity index (χ2v) is 9.94. The van der Waals surface area contributed by atoms with Crippen LogP contribution in [0.5, 0.6) is 11.5 Å². The van der Waals surface area contributed by atoms with E-state index in [0.717, 1.165) is 30.9 Å². The van der Waals surface area contributed by atoms with Gasteiger partial charge in [0.05, 0.1) is 7.11 Å². The maximum atomic E-state index is 14.1. The number of hydrogen-bond donors (Lipinski definition) is 0. The Morgan fingerprint density at radius 1 is 0.971 bits per heavy atom. The highest BCUT2D eigenvalue weighted by Gasteiger charge is 2.30. The summed E-state index contributed by atoms with van der Waals surface area (Å²) in [4.78, 5) is 14.4. The number of methoxy groups -OCH3 is 1. The van der Waals surface area contributed by atoms with Gasteiger partial charge < -0.3 is 13.8 Å². The first-order valence-corrected chi connectivity index (χ1v) is 12.6. The number of rotatable bonds is 9. The molecule has 6 nitrogen and oxygen atoms in total. The third-order valence-corrected chi connectivity index (χ3v) is 7.23. The topological polar surface area (TPSA) is 72.9 Å². The van der Waals surface area contributed by atoms with Crippen molar-refractivity contribution in [2.45, 2.75) is 37.2 Å². The Morgan fingerprint density at radius 3 is 2.31 bits per heavy atom. The number of benzene rings is 3. The Morgan fingerprint density at radius 2 is 1.69 bits per heavy atom. The predicted octanol–water partition coefficient (Wildman–Crippen LogP) is 5.07. The van der Waals surface area contributed by atoms with Gasteiger partial charge in [-0.1, -0.05) is 36.8 Å². The number of amides is 1. The number of nitrogens with zero attached hydrogens (tertiary/aromatic N) is 1. The van der Waals surface area contributed by atoms with Gasteiger partial charge in [-0.25, -0.2) is 8.78 Å². The lowest BCUT2D eigenvalue weighted by atomic mass is 9.84. The molecule has 1 aliphatic carbocycles. The van der Waals surface area contributed by atoms with Crippen LogP contribution in [0.25, 0.3) is 0 Å². The fourth-order valence-corrected chi connectivity index (χ4v) is 4.80. The Kier molecular flexibility index (Phi) is 7.35. The normalized spacial score (nSPS) is 13.7. The second-order valence-electron chi connectivity index (χ2n) is 8.39. The Bertz CT molecular complexity index is 1310. The summed E-state index contributed by atoms with van der Waals surface area (Å²) in [5.74, 6) is -1.39. The Hall–Kier alpha value is -3.46. The summed E-state index contributed by atoms with van der Waals surface area (Å²) in [5, 5.41) is 0. The third kappa shape index (κ3) is 5.79. The summed E-state index contributed by atoms with van der Waals surface area (Å²) < 4.78 is 63.4. The molecule has 3 aromatic rings. The molecule has 0 unspecified atom stereocenters. The zero-order chi connectivity index (χ0) is 25.0. The minimum Gasteiger partial charge on any atom is -0.494 e. The van der Waals surface area contributed by atoms with Crippen molar-refractivity contribution in [2.75, 3.05) is 7.11 Å². The van der Waals surface area contributed by atoms with Gasteiger partial charge in [-0.05, 0) is 54.8 Å². The fraction of sp³-hybridized carbons (Fsp3) is 0.269. The quantitative estimate of drug-likeness (QED) is 0.383. The van der Waals surface area contributed by atoms with Gasteiger partial charge in [0, 0.05) is 24.6 Å². The molecule has 0 spiro atoms. The smallest absolute Gasteiger partial charge is 0.339 e. The number of carbonyl (C=O) groups excluding carboxylic acids is 1. The molecule has 0 atom stereocenters. The molecular formula is C26H25F2NO5S. The van der Waals surface area contributed by atoms with Gasteiger partial charge in [0.25, 0.3) is 0 Å². The van der Waals surface area contributed by atoms with Crippen LogP contribution in [-0.2, 0) is 28.0 Å². The first kappa shape index (κ1) is 24.7. The van der Waals surface area contributed by atoms with Crippen molar-refractivity contribution in [1.82, 2.24) is 4.90 Å². The van der Waals surface area contributed by atoms with E-state index in [2.05, 4.69) is 0 Å². The SMILES string of the molecule is COc1ccc(S(=O)(=O)Oc2ccccc2CN(Cc2ccc(F)cc2)C(=O)C2CCC2)cc1F. The standard InChI is InChI=1S/C26H25F2NO5S/c1-33-25-14-13-22(15-23(25)28)35(31,32)34-24-8-3-2-5-20(24)17-29(26(30)19-6-4-7-19)16-18-9-11-21(27)12-10-18/h2-3,5,8-15,19H,4,6-7,16-17H2,1H3. The summed E-state index contributed by atoms with van der Waals surface area (Å²) >= 11 is 0. The summed E-state index contributed by atoms with van der Waals surface area (Å²) in [6.45, 7) is 0.329. The highest BCUT2D eigenvalue weighted by Crippen LogP contribution is 2.31. The lowest BCUT2D eigenvalue weighted by Crippen LogP contribution is -2.38. The van der Waals surface area contributed by atoms with Gasteiger partial charge in [0.2, 0.25) is 5.91 Å². The largest absolute Gasteiger partial charge is 0.494 e. The van der Waals surface area contributed by atoms with Crippen LogP contribution in [-0.4, -0.2) is 26.3 Å². The van der Waals surface area contributed by atoms with E-state index in [1.807, 2.05) is 0 Å². The van der Waals surface area contributed by atoms with Crippen molar-refractivity contribution in [3.8, 4) is 11.5 Å². The molecule has 184 valence electrons. The molecule has 1 aliphatic rings. The van der Waals surface area contributed by atoms with E-state index >= 15 is 0 Å². The van der Waals surface area contributed by atoms with Crippen molar-refractivity contribution in [3.63, 3.8) is 0 Å². The molecule has 1 fully saturated rings. The molecule has 35 heavy (non-hydrogen) atoms. The van der Waals surface area contributed by atoms with Crippen molar-refractivity contribution in [3.05, 3.63) is 89.5 Å². The first-order chi connectivity index (χ1) is 16.8. The molecule has 0 aliphatic heterocycles. The highest BCUT2D eigenvalue weighted by molar-refractivity contribution is 7.87. The zero-order valence-electron chi connectivity index (χ0n) is 19.1. The molecule has 3 aromatic carbocycles. The van der Waals surface area contributed by atoms with E-state index in [0.29, 0.717) is 5.56 Å². The minimum atomic E-state index is -4.35. The van der Waals surface area contributed by atoms with Crippen molar-refractivity contribution in [2.24, 2.45) is 5.92 Å². The third-order valence-electron chi connectivity index (χ3n) is 6.00. The van der Waals surface area contributed by atoms with Crippen LogP contribution in [0.3, 0.4) is 0 Å². The van der Waals surface area contributed by atoms with Crippen LogP contribution in [0.4, 0.5) is 8.78 Å². The summed E-state index contributed by atoms with van der Waals surface area (Å²) in [5.41, 5.74) is 1.22. The molecule has 9 heteroatoms. The molecule has 0 aromatic heterocycles. The van der Waals surface area contributed by atoms with Gasteiger partial charge >= 0.3 is 10.1 Å². The van der Waals surface area contributed by atoms with E-state index in [1.165, 1.54) is 37.4 Å². The molecular weight excluding hydrogens is 476 g/mol. The first-order valence-electron chi connectivity index (χ1n) is 11.2. The molecule has 0 radical (unpaired) electrons. The summed E-state index contributed by atoms with van der Waals surface area (Å²) in [6, 6.07) is 15.6. The van der Waals surface area contributed by atoms with Gasteiger partial charge in [-0.2, -0.15) is 8.42 Å². The van der Waals surface area contributed by atoms with Gasteiger partial charge in [-0.3, -0.25) is 4.79 Å². The highest BCUT2D eigenvalue weighted by atomic mass is 32.2. The number of para-hydroxylation sites is 1. The predicted molar refractivity (Wildman–Crippen MR) is 125 cm³/mol. The Balaban J connectivity index is 1.59. The van der Waals surface area contributed by atoms with E-state index in [-0.39, 0.29) is 47.1 Å². The average molecular weight is 502 g/mol. The monoisotopic (exact) mass is 501 g/mol. The maximum Gasteiger partial charge on any atom is 0.339 e. The minimum absolute atomic E-state index is 0.0363. The van der Waals surface area contributed by atoms with E-state index in [9.17, 15) is 22.0 Å². The molecule has 0 heterocycles. The van der Waals surface area contributed by atoms with E-state index in [4.69, 9.17) is 8.92 Å². The summed E-state index contributed by atoms with van der Waals surface area (Å²) in [6.07, 6.45) is 2.58. The Labute approximate surface area is 203 Å². The number of halogens is 2. The lowest BCUT2D eigenvalue weighted by molar-refractivity contribution is -0.139. The van der Waals surface area contributed by atoms with Crippen molar-refractivity contribution >= 4 is 16.0 Å². The zero-order valence-corrected chi connectivity index (χ0v) is 19.9. The van der Waals surface area contributed by atoms with E-state index in [1.54, 1.807) is 35.2 Å². The van der Waals surface area contributed by atoms with Crippen LogP contribution >= 0.6 is 0 Å². The van der Waals surface area contributed by atoms with Gasteiger partial charge in [0.15, 0.2) is 11.6 Å². The van der Waals surface area contributed by atoms with Crippen molar-refractivity contribution in [1.29, 1.82) is 0 Å². The molecule has 0 bridgehead atoms. The fourth-order valence-electron chi connectivity index (χ4n) is 3.83. The van der Waals surface area contributed by atoms with Gasteiger partial charge in [0.1, 0.15) is 16.5 Å². The number of carbonyl (C=O) groups is 1. The number of hydrogen-bond acceptors (Lipinski definition) is 5. The molecule has 1 amide bonds. The van der Waals surface area contributed by atoms with Gasteiger partial charge in [-0.15, -0.1) is 0 Å². The summed E-state index contributed by atoms with van der Waals surface area (Å²) in [7, 11) is -3.07. The van der Waals surface area contributed by atoms with Crippen LogP contribution in [0.2, 0.25) is 0 Å². The van der Waals surface area contributed by atoms with Crippen LogP contribution < -0.4 is 8.92 Å². The van der Waals surface area contributed by atoms with Crippen molar-refractivity contribution < 1.29 is 30.9 Å². The molecule has 1 saturated carbocycles. The van der Waals surface area contributed by atoms with Crippen LogP contribution in [0.15, 0.2) is 71.6 Å². The van der Waals surface area contributed by atoms with Crippen LogP contribution in [0, 0.1) is 17.6 Å². The van der Waals surface area contributed by atoms with Crippen LogP contribution in [0.1, 0.15) is 30.4 Å². The maximum absolute atomic E-state index is 14.1. The lowest BCUT2D eigenvalue weighted by Gasteiger charge is -2.32. The number of ether oxygens (including phenoxy) is 1. The van der Waals surface area contributed by atoms with E-state index < -0.39 is 15.9 Å². The average Bonchev–Trinajstić information content (AvgIpc) is 2.79.